The zero-order chi connectivity index (χ0) is 14.9. The van der Waals surface area contributed by atoms with Gasteiger partial charge in [-0.1, -0.05) is 6.07 Å². The third kappa shape index (κ3) is 3.17. The number of aryl methyl sites for hydroxylation is 1. The molecule has 0 aliphatic carbocycles. The minimum Gasteiger partial charge on any atom is -0.272 e. The summed E-state index contributed by atoms with van der Waals surface area (Å²) in [6.07, 6.45) is 0. The molecule has 6 nitrogen and oxygen atoms in total. The van der Waals surface area contributed by atoms with E-state index in [1.165, 1.54) is 18.2 Å². The van der Waals surface area contributed by atoms with Crippen molar-refractivity contribution in [3.8, 4) is 0 Å². The summed E-state index contributed by atoms with van der Waals surface area (Å²) in [6.45, 7) is 1.70. The van der Waals surface area contributed by atoms with Gasteiger partial charge in [-0.3, -0.25) is 14.8 Å². The van der Waals surface area contributed by atoms with Crippen LogP contribution in [0.5, 0.6) is 0 Å². The predicted molar refractivity (Wildman–Crippen MR) is 80.7 cm³/mol. The molecule has 2 aromatic rings. The van der Waals surface area contributed by atoms with Crippen molar-refractivity contribution >= 4 is 48.7 Å². The van der Waals surface area contributed by atoms with Gasteiger partial charge in [0.2, 0.25) is 0 Å². The molecule has 0 saturated heterocycles. The van der Waals surface area contributed by atoms with Gasteiger partial charge in [0.15, 0.2) is 0 Å². The highest BCUT2D eigenvalue weighted by molar-refractivity contribution is 9.11. The number of hydrogen-bond donors (Lipinski definition) is 1. The minimum absolute atomic E-state index is 0.0508. The summed E-state index contributed by atoms with van der Waals surface area (Å²) in [4.78, 5) is 10.4. The van der Waals surface area contributed by atoms with Crippen molar-refractivity contribution < 1.29 is 13.3 Å². The van der Waals surface area contributed by atoms with Gasteiger partial charge in [0.05, 0.1) is 8.71 Å². The molecule has 1 heterocycles. The van der Waals surface area contributed by atoms with E-state index in [4.69, 9.17) is 0 Å². The van der Waals surface area contributed by atoms with E-state index in [1.54, 1.807) is 19.1 Å². The van der Waals surface area contributed by atoms with E-state index < -0.39 is 14.9 Å². The van der Waals surface area contributed by atoms with Crippen LogP contribution in [0, 0.1) is 17.0 Å². The molecule has 0 aliphatic rings. The topological polar surface area (TPSA) is 89.3 Å². The summed E-state index contributed by atoms with van der Waals surface area (Å²) < 4.78 is 27.3. The smallest absolute Gasteiger partial charge is 0.272 e. The number of benzene rings is 1. The Balaban J connectivity index is 2.42. The lowest BCUT2D eigenvalue weighted by Crippen LogP contribution is -2.12. The SMILES string of the molecule is Cc1ccc(NS(=O)(=O)c2ccc(Br)s2)c([N+](=O)[O-])c1. The number of thiophene rings is 1. The molecule has 0 unspecified atom stereocenters. The lowest BCUT2D eigenvalue weighted by Gasteiger charge is -2.07. The first kappa shape index (κ1) is 14.9. The lowest BCUT2D eigenvalue weighted by molar-refractivity contribution is -0.383. The first-order valence-corrected chi connectivity index (χ1v) is 8.42. The molecule has 2 rings (SSSR count). The molecule has 1 aromatic carbocycles. The number of nitrogens with one attached hydrogen (secondary N) is 1. The number of sulfonamides is 1. The minimum atomic E-state index is -3.83. The largest absolute Gasteiger partial charge is 0.293 e. The van der Waals surface area contributed by atoms with Crippen molar-refractivity contribution in [1.29, 1.82) is 0 Å². The van der Waals surface area contributed by atoms with Crippen LogP contribution >= 0.6 is 27.3 Å². The third-order valence-corrected chi connectivity index (χ3v) is 5.89. The fourth-order valence-corrected chi connectivity index (χ4v) is 4.60. The Morgan fingerprint density at radius 2 is 2.00 bits per heavy atom. The molecule has 0 saturated carbocycles. The Kier molecular flexibility index (Phi) is 4.11. The Morgan fingerprint density at radius 1 is 1.30 bits per heavy atom. The number of nitro benzene ring substituents is 1. The van der Waals surface area contributed by atoms with Crippen LogP contribution in [0.4, 0.5) is 11.4 Å². The first-order valence-electron chi connectivity index (χ1n) is 5.33. The second kappa shape index (κ2) is 5.51. The predicted octanol–water partition coefficient (Wildman–Crippen LogP) is 3.53. The highest BCUT2D eigenvalue weighted by atomic mass is 79.9. The van der Waals surface area contributed by atoms with Gasteiger partial charge in [0.1, 0.15) is 9.90 Å². The molecule has 20 heavy (non-hydrogen) atoms. The van der Waals surface area contributed by atoms with Crippen LogP contribution in [0.1, 0.15) is 5.56 Å². The van der Waals surface area contributed by atoms with E-state index in [-0.39, 0.29) is 15.6 Å². The molecule has 0 radical (unpaired) electrons. The van der Waals surface area contributed by atoms with Gasteiger partial charge in [-0.15, -0.1) is 11.3 Å². The fraction of sp³-hybridized carbons (Fsp3) is 0.0909. The number of nitro groups is 1. The maximum Gasteiger partial charge on any atom is 0.293 e. The zero-order valence-corrected chi connectivity index (χ0v) is 13.4. The van der Waals surface area contributed by atoms with Crippen molar-refractivity contribution in [3.63, 3.8) is 0 Å². The fourth-order valence-electron chi connectivity index (χ4n) is 1.52. The second-order valence-electron chi connectivity index (χ2n) is 3.94. The Morgan fingerprint density at radius 3 is 2.55 bits per heavy atom. The van der Waals surface area contributed by atoms with Crippen LogP contribution in [0.25, 0.3) is 0 Å². The van der Waals surface area contributed by atoms with Crippen LogP contribution < -0.4 is 4.72 Å². The molecule has 0 spiro atoms. The van der Waals surface area contributed by atoms with Gasteiger partial charge in [-0.25, -0.2) is 8.42 Å². The summed E-state index contributed by atoms with van der Waals surface area (Å²) >= 11 is 4.20. The molecule has 0 fully saturated rings. The summed E-state index contributed by atoms with van der Waals surface area (Å²) in [6, 6.07) is 7.34. The lowest BCUT2D eigenvalue weighted by atomic mass is 10.2. The maximum absolute atomic E-state index is 12.1. The monoisotopic (exact) mass is 376 g/mol. The summed E-state index contributed by atoms with van der Waals surface area (Å²) in [5.74, 6) is 0. The van der Waals surface area contributed by atoms with Gasteiger partial charge in [0, 0.05) is 6.07 Å². The normalized spacial score (nSPS) is 11.3. The van der Waals surface area contributed by atoms with Crippen molar-refractivity contribution in [2.75, 3.05) is 4.72 Å². The zero-order valence-electron chi connectivity index (χ0n) is 10.2. The van der Waals surface area contributed by atoms with E-state index in [2.05, 4.69) is 20.7 Å². The van der Waals surface area contributed by atoms with Gasteiger partial charge < -0.3 is 0 Å². The number of anilines is 1. The van der Waals surface area contributed by atoms with Gasteiger partial charge >= 0.3 is 0 Å². The number of halogens is 1. The summed E-state index contributed by atoms with van der Waals surface area (Å²) in [7, 11) is -3.83. The van der Waals surface area contributed by atoms with Crippen LogP contribution in [0.2, 0.25) is 0 Å². The van der Waals surface area contributed by atoms with E-state index >= 15 is 0 Å². The number of hydrogen-bond acceptors (Lipinski definition) is 5. The highest BCUT2D eigenvalue weighted by Crippen LogP contribution is 2.31. The van der Waals surface area contributed by atoms with Crippen LogP contribution in [-0.2, 0) is 10.0 Å². The van der Waals surface area contributed by atoms with Crippen molar-refractivity contribution in [2.24, 2.45) is 0 Å². The van der Waals surface area contributed by atoms with E-state index in [0.717, 1.165) is 11.3 Å². The van der Waals surface area contributed by atoms with E-state index in [9.17, 15) is 18.5 Å². The molecule has 0 aliphatic heterocycles. The average Bonchev–Trinajstić information content (AvgIpc) is 2.78. The van der Waals surface area contributed by atoms with E-state index in [1.807, 2.05) is 0 Å². The number of rotatable bonds is 4. The van der Waals surface area contributed by atoms with Crippen molar-refractivity contribution in [3.05, 3.63) is 49.8 Å². The van der Waals surface area contributed by atoms with Crippen LogP contribution in [-0.4, -0.2) is 13.3 Å². The molecular weight excluding hydrogens is 368 g/mol. The average molecular weight is 377 g/mol. The summed E-state index contributed by atoms with van der Waals surface area (Å²) in [5, 5.41) is 11.0. The Bertz CT molecular complexity index is 770. The molecule has 0 atom stereocenters. The summed E-state index contributed by atoms with van der Waals surface area (Å²) in [5.41, 5.74) is 0.354. The highest BCUT2D eigenvalue weighted by Gasteiger charge is 2.22. The second-order valence-corrected chi connectivity index (χ2v) is 8.31. The van der Waals surface area contributed by atoms with Gasteiger partial charge in [-0.2, -0.15) is 0 Å². The molecule has 0 bridgehead atoms. The molecule has 0 amide bonds. The molecular formula is C11H9BrN2O4S2. The van der Waals surface area contributed by atoms with Gasteiger partial charge in [-0.05, 0) is 46.6 Å². The van der Waals surface area contributed by atoms with E-state index in [0.29, 0.717) is 9.35 Å². The molecule has 1 N–H and O–H groups in total. The molecule has 106 valence electrons. The first-order chi connectivity index (χ1) is 9.29. The van der Waals surface area contributed by atoms with Gasteiger partial charge in [0.25, 0.3) is 15.7 Å². The van der Waals surface area contributed by atoms with Crippen molar-refractivity contribution in [2.45, 2.75) is 11.1 Å². The molecule has 1 aromatic heterocycles. The quantitative estimate of drug-likeness (QED) is 0.652. The molecule has 9 heteroatoms. The Labute approximate surface area is 127 Å². The van der Waals surface area contributed by atoms with Crippen LogP contribution in [0.15, 0.2) is 38.3 Å². The Hall–Kier alpha value is -1.45. The third-order valence-electron chi connectivity index (χ3n) is 2.41. The maximum atomic E-state index is 12.1. The van der Waals surface area contributed by atoms with Crippen molar-refractivity contribution in [1.82, 2.24) is 0 Å². The van der Waals surface area contributed by atoms with Crippen LogP contribution in [0.3, 0.4) is 0 Å². The number of nitrogens with zero attached hydrogens (tertiary/aromatic N) is 1. The standard InChI is InChI=1S/C11H9BrN2O4S2/c1-7-2-3-8(9(6-7)14(15)16)13-20(17,18)11-5-4-10(12)19-11/h2-6,13H,1H3.